The summed E-state index contributed by atoms with van der Waals surface area (Å²) in [6.45, 7) is 4.79. The van der Waals surface area contributed by atoms with Crippen LogP contribution in [0.4, 0.5) is 0 Å². The molecule has 5 nitrogen and oxygen atoms in total. The van der Waals surface area contributed by atoms with Crippen molar-refractivity contribution in [3.63, 3.8) is 0 Å². The number of rotatable bonds is 4. The number of aliphatic hydroxyl groups excluding tert-OH is 1. The van der Waals surface area contributed by atoms with Gasteiger partial charge < -0.3 is 15.5 Å². The molecule has 1 amide bonds. The van der Waals surface area contributed by atoms with Gasteiger partial charge >= 0.3 is 5.97 Å². The smallest absolute Gasteiger partial charge is 0.303 e. The number of carboxylic acids is 1. The van der Waals surface area contributed by atoms with Crippen molar-refractivity contribution in [1.29, 1.82) is 0 Å². The number of nitrogens with one attached hydrogen (secondary N) is 1. The monoisotopic (exact) mass is 389 g/mol. The number of amides is 1. The second-order valence-electron chi connectivity index (χ2n) is 10.3. The van der Waals surface area contributed by atoms with Gasteiger partial charge in [0.2, 0.25) is 5.91 Å². The molecule has 0 aliphatic heterocycles. The first-order chi connectivity index (χ1) is 13.2. The first-order valence-corrected chi connectivity index (χ1v) is 11.1. The van der Waals surface area contributed by atoms with Crippen molar-refractivity contribution in [2.24, 2.45) is 28.6 Å². The van der Waals surface area contributed by atoms with Crippen LogP contribution in [0.3, 0.4) is 0 Å². The Morgan fingerprint density at radius 3 is 2.64 bits per heavy atom. The first-order valence-electron chi connectivity index (χ1n) is 11.1. The van der Waals surface area contributed by atoms with E-state index in [0.29, 0.717) is 17.8 Å². The lowest BCUT2D eigenvalue weighted by Crippen LogP contribution is -2.53. The average molecular weight is 390 g/mol. The molecule has 0 radical (unpaired) electrons. The van der Waals surface area contributed by atoms with Gasteiger partial charge in [0.05, 0.1) is 12.5 Å². The van der Waals surface area contributed by atoms with Crippen molar-refractivity contribution in [2.45, 2.75) is 90.2 Å². The summed E-state index contributed by atoms with van der Waals surface area (Å²) < 4.78 is 0. The predicted octanol–water partition coefficient (Wildman–Crippen LogP) is 3.66. The fraction of sp³-hybridized carbons (Fsp3) is 0.826. The zero-order chi connectivity index (χ0) is 20.1. The summed E-state index contributed by atoms with van der Waals surface area (Å²) in [4.78, 5) is 23.0. The standard InChI is InChI=1S/C23H35NO4/c1-22-11-9-15(25)13-14(22)3-4-16-17-5-6-19(23(17,2)12-10-18(16)22)24-20(26)7-8-21(27)28/h3,15-19,25H,4-13H2,1-2H3,(H,24,26)(H,27,28)/t15-,16?,17?,18?,19-,22-,23-/m0/s1. The Labute approximate surface area is 168 Å². The molecule has 0 spiro atoms. The SMILES string of the molecule is C[C@]12CC[C@H](O)CC1=CCC1C2CC[C@@]2(C)C1CC[C@@H]2NC(=O)CCC(=O)O. The van der Waals surface area contributed by atoms with Crippen LogP contribution in [0.25, 0.3) is 0 Å². The lowest BCUT2D eigenvalue weighted by atomic mass is 9.48. The Balaban J connectivity index is 1.49. The van der Waals surface area contributed by atoms with Gasteiger partial charge in [-0.25, -0.2) is 0 Å². The number of carbonyl (C=O) groups excluding carboxylic acids is 1. The van der Waals surface area contributed by atoms with Gasteiger partial charge in [-0.3, -0.25) is 9.59 Å². The van der Waals surface area contributed by atoms with Crippen LogP contribution in [0.5, 0.6) is 0 Å². The second kappa shape index (κ2) is 7.16. The van der Waals surface area contributed by atoms with Gasteiger partial charge in [-0.2, -0.15) is 0 Å². The van der Waals surface area contributed by atoms with Crippen molar-refractivity contribution in [2.75, 3.05) is 0 Å². The summed E-state index contributed by atoms with van der Waals surface area (Å²) in [5.74, 6) is 0.956. The van der Waals surface area contributed by atoms with E-state index in [1.165, 1.54) is 12.0 Å². The molecule has 0 bridgehead atoms. The molecule has 3 fully saturated rings. The van der Waals surface area contributed by atoms with Crippen molar-refractivity contribution >= 4 is 11.9 Å². The minimum Gasteiger partial charge on any atom is -0.481 e. The van der Waals surface area contributed by atoms with Crippen LogP contribution in [0, 0.1) is 28.6 Å². The minimum absolute atomic E-state index is 0.0745. The van der Waals surface area contributed by atoms with E-state index in [2.05, 4.69) is 25.2 Å². The summed E-state index contributed by atoms with van der Waals surface area (Å²) in [7, 11) is 0. The molecule has 3 N–H and O–H groups in total. The van der Waals surface area contributed by atoms with Crippen LogP contribution in [0.15, 0.2) is 11.6 Å². The molecule has 28 heavy (non-hydrogen) atoms. The molecule has 0 aromatic rings. The molecule has 156 valence electrons. The summed E-state index contributed by atoms with van der Waals surface area (Å²) >= 11 is 0. The number of allylic oxidation sites excluding steroid dienone is 1. The largest absolute Gasteiger partial charge is 0.481 e. The molecule has 3 saturated carbocycles. The predicted molar refractivity (Wildman–Crippen MR) is 107 cm³/mol. The van der Waals surface area contributed by atoms with Crippen LogP contribution < -0.4 is 5.32 Å². The van der Waals surface area contributed by atoms with Crippen LogP contribution in [0.1, 0.15) is 78.1 Å². The number of aliphatic hydroxyl groups is 1. The highest BCUT2D eigenvalue weighted by atomic mass is 16.4. The quantitative estimate of drug-likeness (QED) is 0.641. The number of hydrogen-bond donors (Lipinski definition) is 3. The third-order valence-corrected chi connectivity index (χ3v) is 8.98. The molecule has 5 heteroatoms. The third-order valence-electron chi connectivity index (χ3n) is 8.98. The fourth-order valence-electron chi connectivity index (χ4n) is 7.37. The van der Waals surface area contributed by atoms with E-state index in [0.717, 1.165) is 44.9 Å². The molecule has 0 aromatic carbocycles. The number of fused-ring (bicyclic) bond motifs is 5. The summed E-state index contributed by atoms with van der Waals surface area (Å²) in [6, 6.07) is 0.172. The molecule has 3 unspecified atom stereocenters. The molecule has 4 rings (SSSR count). The van der Waals surface area contributed by atoms with Crippen LogP contribution in [-0.2, 0) is 9.59 Å². The second-order valence-corrected chi connectivity index (χ2v) is 10.3. The van der Waals surface area contributed by atoms with Gasteiger partial charge in [-0.05, 0) is 80.0 Å². The first kappa shape index (κ1) is 19.9. The molecule has 4 aliphatic carbocycles. The third kappa shape index (κ3) is 3.20. The number of aliphatic carboxylic acids is 1. The molecule has 0 aromatic heterocycles. The molecular weight excluding hydrogens is 354 g/mol. The van der Waals surface area contributed by atoms with E-state index in [1.807, 2.05) is 0 Å². The van der Waals surface area contributed by atoms with E-state index < -0.39 is 5.97 Å². The van der Waals surface area contributed by atoms with Crippen molar-refractivity contribution in [3.05, 3.63) is 11.6 Å². The van der Waals surface area contributed by atoms with Crippen molar-refractivity contribution < 1.29 is 19.8 Å². The van der Waals surface area contributed by atoms with Gasteiger partial charge in [-0.1, -0.05) is 25.5 Å². The molecule has 0 heterocycles. The normalized spacial score (nSPS) is 44.7. The zero-order valence-corrected chi connectivity index (χ0v) is 17.2. The van der Waals surface area contributed by atoms with Gasteiger partial charge in [0.1, 0.15) is 0 Å². The minimum atomic E-state index is -0.915. The van der Waals surface area contributed by atoms with Crippen LogP contribution >= 0.6 is 0 Å². The fourth-order valence-corrected chi connectivity index (χ4v) is 7.37. The highest BCUT2D eigenvalue weighted by Gasteiger charge is 2.58. The van der Waals surface area contributed by atoms with E-state index >= 15 is 0 Å². The van der Waals surface area contributed by atoms with Crippen molar-refractivity contribution in [1.82, 2.24) is 5.32 Å². The zero-order valence-electron chi connectivity index (χ0n) is 17.2. The highest BCUT2D eigenvalue weighted by molar-refractivity contribution is 5.80. The lowest BCUT2D eigenvalue weighted by Gasteiger charge is -2.58. The maximum Gasteiger partial charge on any atom is 0.303 e. The van der Waals surface area contributed by atoms with E-state index in [9.17, 15) is 14.7 Å². The van der Waals surface area contributed by atoms with Gasteiger partial charge in [-0.15, -0.1) is 0 Å². The maximum absolute atomic E-state index is 12.3. The van der Waals surface area contributed by atoms with E-state index in [4.69, 9.17) is 5.11 Å². The Kier molecular flexibility index (Phi) is 5.09. The number of hydrogen-bond acceptors (Lipinski definition) is 3. The molecule has 0 saturated heterocycles. The summed E-state index contributed by atoms with van der Waals surface area (Å²) in [5, 5.41) is 22.1. The van der Waals surface area contributed by atoms with Gasteiger partial charge in [0.25, 0.3) is 0 Å². The van der Waals surface area contributed by atoms with Gasteiger partial charge in [0.15, 0.2) is 0 Å². The maximum atomic E-state index is 12.3. The van der Waals surface area contributed by atoms with E-state index in [-0.39, 0.29) is 41.7 Å². The Bertz CT molecular complexity index is 688. The average Bonchev–Trinajstić information content (AvgIpc) is 2.97. The van der Waals surface area contributed by atoms with E-state index in [1.54, 1.807) is 0 Å². The lowest BCUT2D eigenvalue weighted by molar-refractivity contribution is -0.139. The molecular formula is C23H35NO4. The highest BCUT2D eigenvalue weighted by Crippen LogP contribution is 2.64. The van der Waals surface area contributed by atoms with Gasteiger partial charge in [0, 0.05) is 12.5 Å². The molecule has 4 aliphatic rings. The number of carbonyl (C=O) groups is 2. The molecule has 7 atom stereocenters. The van der Waals surface area contributed by atoms with Crippen LogP contribution in [-0.4, -0.2) is 34.2 Å². The van der Waals surface area contributed by atoms with Crippen molar-refractivity contribution in [3.8, 4) is 0 Å². The Morgan fingerprint density at radius 1 is 1.11 bits per heavy atom. The summed E-state index contributed by atoms with van der Waals surface area (Å²) in [6.07, 6.45) is 10.7. The van der Waals surface area contributed by atoms with Crippen LogP contribution in [0.2, 0.25) is 0 Å². The number of carboxylic acid groups (broad SMARTS) is 1. The topological polar surface area (TPSA) is 86.6 Å². The Morgan fingerprint density at radius 2 is 1.89 bits per heavy atom. The Hall–Kier alpha value is -1.36. The summed E-state index contributed by atoms with van der Waals surface area (Å²) in [5.41, 5.74) is 1.86.